The van der Waals surface area contributed by atoms with E-state index in [4.69, 9.17) is 0 Å². The van der Waals surface area contributed by atoms with Gasteiger partial charge in [0.05, 0.1) is 17.6 Å². The topological polar surface area (TPSA) is 89.5 Å². The van der Waals surface area contributed by atoms with Crippen LogP contribution >= 0.6 is 15.9 Å². The molecule has 1 heterocycles. The molecule has 7 nitrogen and oxygen atoms in total. The van der Waals surface area contributed by atoms with Crippen LogP contribution in [-0.4, -0.2) is 21.6 Å². The molecule has 0 saturated carbocycles. The summed E-state index contributed by atoms with van der Waals surface area (Å²) in [5.41, 5.74) is 8.36. The van der Waals surface area contributed by atoms with Crippen molar-refractivity contribution in [2.75, 3.05) is 0 Å². The molecule has 30 heavy (non-hydrogen) atoms. The molecule has 0 aliphatic rings. The second kappa shape index (κ2) is 9.04. The zero-order valence-corrected chi connectivity index (χ0v) is 18.4. The Morgan fingerprint density at radius 2 is 1.87 bits per heavy atom. The highest BCUT2D eigenvalue weighted by molar-refractivity contribution is 9.10. The first-order chi connectivity index (χ1) is 14.3. The second-order valence-corrected chi connectivity index (χ2v) is 7.84. The van der Waals surface area contributed by atoms with Crippen molar-refractivity contribution >= 4 is 33.7 Å². The molecule has 8 heteroatoms. The van der Waals surface area contributed by atoms with E-state index in [1.54, 1.807) is 18.3 Å². The van der Waals surface area contributed by atoms with Gasteiger partial charge in [-0.1, -0.05) is 34.1 Å². The molecule has 0 saturated heterocycles. The third-order valence-corrected chi connectivity index (χ3v) is 5.64. The number of non-ortho nitro benzene ring substituents is 1. The number of halogens is 1. The molecular formula is C22H21BrN4O3. The van der Waals surface area contributed by atoms with Crippen molar-refractivity contribution in [2.45, 2.75) is 27.2 Å². The summed E-state index contributed by atoms with van der Waals surface area (Å²) in [6.07, 6.45) is 1.71. The molecule has 1 aromatic heterocycles. The Hall–Kier alpha value is -3.26. The van der Waals surface area contributed by atoms with Crippen LogP contribution in [0.3, 0.4) is 0 Å². The first kappa shape index (κ1) is 21.4. The lowest BCUT2D eigenvalue weighted by Gasteiger charge is -2.11. The van der Waals surface area contributed by atoms with Gasteiger partial charge in [0, 0.05) is 39.2 Å². The number of hydrazone groups is 1. The van der Waals surface area contributed by atoms with Crippen LogP contribution in [-0.2, 0) is 11.2 Å². The predicted octanol–water partition coefficient (Wildman–Crippen LogP) is 4.77. The molecule has 2 aromatic carbocycles. The second-order valence-electron chi connectivity index (χ2n) is 6.99. The Balaban J connectivity index is 1.68. The van der Waals surface area contributed by atoms with Gasteiger partial charge in [0.1, 0.15) is 0 Å². The van der Waals surface area contributed by atoms with Gasteiger partial charge in [-0.05, 0) is 50.1 Å². The molecule has 0 atom stereocenters. The van der Waals surface area contributed by atoms with E-state index in [9.17, 15) is 14.9 Å². The third-order valence-electron chi connectivity index (χ3n) is 4.79. The number of nitro benzene ring substituents is 1. The zero-order chi connectivity index (χ0) is 21.8. The SMILES string of the molecule is Cc1ccc(-n2c(C)cc(/C=N/NC(=O)Cc3ccc([N+](=O)[O-])cc3)c2C)cc1Br. The van der Waals surface area contributed by atoms with Crippen molar-refractivity contribution in [3.63, 3.8) is 0 Å². The molecule has 1 amide bonds. The molecule has 3 aromatic rings. The number of nitrogens with one attached hydrogen (secondary N) is 1. The molecule has 0 fully saturated rings. The smallest absolute Gasteiger partial charge is 0.269 e. The highest BCUT2D eigenvalue weighted by atomic mass is 79.9. The normalized spacial score (nSPS) is 11.1. The van der Waals surface area contributed by atoms with Crippen LogP contribution in [0, 0.1) is 30.9 Å². The lowest BCUT2D eigenvalue weighted by atomic mass is 10.1. The van der Waals surface area contributed by atoms with Gasteiger partial charge >= 0.3 is 0 Å². The fraction of sp³-hybridized carbons (Fsp3) is 0.182. The van der Waals surface area contributed by atoms with Crippen molar-refractivity contribution in [2.24, 2.45) is 5.10 Å². The van der Waals surface area contributed by atoms with Crippen LogP contribution in [0.25, 0.3) is 5.69 Å². The van der Waals surface area contributed by atoms with Crippen molar-refractivity contribution in [1.29, 1.82) is 0 Å². The monoisotopic (exact) mass is 468 g/mol. The van der Waals surface area contributed by atoms with Crippen LogP contribution in [0.2, 0.25) is 0 Å². The Labute approximate surface area is 182 Å². The summed E-state index contributed by atoms with van der Waals surface area (Å²) >= 11 is 3.57. The first-order valence-electron chi connectivity index (χ1n) is 9.27. The number of aromatic nitrogens is 1. The van der Waals surface area contributed by atoms with Gasteiger partial charge < -0.3 is 4.57 Å². The summed E-state index contributed by atoms with van der Waals surface area (Å²) in [5, 5.41) is 14.8. The minimum atomic E-state index is -0.472. The lowest BCUT2D eigenvalue weighted by molar-refractivity contribution is -0.384. The number of benzene rings is 2. The highest BCUT2D eigenvalue weighted by Gasteiger charge is 2.11. The average molecular weight is 469 g/mol. The number of nitrogens with zero attached hydrogens (tertiary/aromatic N) is 3. The van der Waals surface area contributed by atoms with Crippen molar-refractivity contribution in [1.82, 2.24) is 9.99 Å². The fourth-order valence-corrected chi connectivity index (χ4v) is 3.54. The molecule has 0 radical (unpaired) electrons. The Kier molecular flexibility index (Phi) is 6.47. The van der Waals surface area contributed by atoms with Gasteiger partial charge in [-0.2, -0.15) is 5.10 Å². The van der Waals surface area contributed by atoms with Gasteiger partial charge in [0.15, 0.2) is 0 Å². The molecule has 1 N–H and O–H groups in total. The predicted molar refractivity (Wildman–Crippen MR) is 120 cm³/mol. The minimum Gasteiger partial charge on any atom is -0.318 e. The van der Waals surface area contributed by atoms with E-state index in [0.29, 0.717) is 5.56 Å². The summed E-state index contributed by atoms with van der Waals surface area (Å²) < 4.78 is 3.17. The van der Waals surface area contributed by atoms with Crippen LogP contribution < -0.4 is 5.43 Å². The number of aryl methyl sites for hydroxylation is 2. The number of amides is 1. The van der Waals surface area contributed by atoms with Gasteiger partial charge in [-0.15, -0.1) is 0 Å². The first-order valence-corrected chi connectivity index (χ1v) is 10.1. The summed E-state index contributed by atoms with van der Waals surface area (Å²) in [6.45, 7) is 6.06. The van der Waals surface area contributed by atoms with Crippen LogP contribution in [0.1, 0.15) is 28.1 Å². The van der Waals surface area contributed by atoms with Gasteiger partial charge in [-0.3, -0.25) is 14.9 Å². The number of carbonyl (C=O) groups is 1. The van der Waals surface area contributed by atoms with E-state index >= 15 is 0 Å². The molecular weight excluding hydrogens is 448 g/mol. The molecule has 3 rings (SSSR count). The Bertz CT molecular complexity index is 1130. The zero-order valence-electron chi connectivity index (χ0n) is 16.8. The number of hydrogen-bond acceptors (Lipinski definition) is 4. The maximum Gasteiger partial charge on any atom is 0.269 e. The van der Waals surface area contributed by atoms with Crippen LogP contribution in [0.4, 0.5) is 5.69 Å². The summed E-state index contributed by atoms with van der Waals surface area (Å²) in [4.78, 5) is 22.3. The van der Waals surface area contributed by atoms with Crippen molar-refractivity contribution in [3.8, 4) is 5.69 Å². The molecule has 0 aliphatic heterocycles. The van der Waals surface area contributed by atoms with Crippen LogP contribution in [0.15, 0.2) is 58.1 Å². The minimum absolute atomic E-state index is 0.00635. The molecule has 0 unspecified atom stereocenters. The summed E-state index contributed by atoms with van der Waals surface area (Å²) in [6, 6.07) is 14.1. The average Bonchev–Trinajstić information content (AvgIpc) is 2.98. The van der Waals surface area contributed by atoms with Gasteiger partial charge in [0.2, 0.25) is 5.91 Å². The third kappa shape index (κ3) is 4.83. The van der Waals surface area contributed by atoms with Gasteiger partial charge in [0.25, 0.3) is 5.69 Å². The van der Waals surface area contributed by atoms with E-state index in [1.165, 1.54) is 17.7 Å². The quantitative estimate of drug-likeness (QED) is 0.321. The molecule has 0 spiro atoms. The number of nitro groups is 1. The van der Waals surface area contributed by atoms with Crippen molar-refractivity contribution < 1.29 is 9.72 Å². The van der Waals surface area contributed by atoms with E-state index in [-0.39, 0.29) is 18.0 Å². The van der Waals surface area contributed by atoms with E-state index in [1.807, 2.05) is 26.8 Å². The number of carbonyl (C=O) groups excluding carboxylic acids is 1. The summed E-state index contributed by atoms with van der Waals surface area (Å²) in [7, 11) is 0. The Morgan fingerprint density at radius 1 is 1.17 bits per heavy atom. The van der Waals surface area contributed by atoms with Crippen LogP contribution in [0.5, 0.6) is 0 Å². The molecule has 0 aliphatic carbocycles. The fourth-order valence-electron chi connectivity index (χ4n) is 3.17. The maximum atomic E-state index is 12.1. The van der Waals surface area contributed by atoms with E-state index in [0.717, 1.165) is 27.1 Å². The standard InChI is InChI=1S/C22H21BrN4O3/c1-14-4-7-20(12-21(14)23)26-15(2)10-18(16(26)3)13-24-25-22(28)11-17-5-8-19(9-6-17)27(29)30/h4-10,12-13H,11H2,1-3H3,(H,25,28)/b24-13+. The highest BCUT2D eigenvalue weighted by Crippen LogP contribution is 2.24. The molecule has 154 valence electrons. The van der Waals surface area contributed by atoms with Gasteiger partial charge in [-0.25, -0.2) is 5.43 Å². The van der Waals surface area contributed by atoms with E-state index < -0.39 is 4.92 Å². The number of hydrogen-bond donors (Lipinski definition) is 1. The molecule has 0 bridgehead atoms. The van der Waals surface area contributed by atoms with Crippen molar-refractivity contribution in [3.05, 3.63) is 91.2 Å². The van der Waals surface area contributed by atoms with E-state index in [2.05, 4.69) is 49.2 Å². The lowest BCUT2D eigenvalue weighted by Crippen LogP contribution is -2.19. The maximum absolute atomic E-state index is 12.1. The number of rotatable bonds is 6. The Morgan fingerprint density at radius 3 is 2.50 bits per heavy atom. The summed E-state index contributed by atoms with van der Waals surface area (Å²) in [5.74, 6) is -0.295. The largest absolute Gasteiger partial charge is 0.318 e.